The Morgan fingerprint density at radius 1 is 0.868 bits per heavy atom. The second kappa shape index (κ2) is 9.04. The average Bonchev–Trinajstić information content (AvgIpc) is 2.90. The first kappa shape index (κ1) is 26.6. The van der Waals surface area contributed by atoms with Crippen molar-refractivity contribution >= 4 is 0 Å². The van der Waals surface area contributed by atoms with Crippen molar-refractivity contribution in [1.82, 2.24) is 0 Å². The van der Waals surface area contributed by atoms with Gasteiger partial charge < -0.3 is 24.8 Å². The fraction of sp³-hybridized carbons (Fsp3) is 0.531. The van der Waals surface area contributed by atoms with Crippen LogP contribution in [-0.4, -0.2) is 32.6 Å². The van der Waals surface area contributed by atoms with Gasteiger partial charge in [-0.1, -0.05) is 26.0 Å². The quantitative estimate of drug-likeness (QED) is 0.396. The lowest BCUT2D eigenvalue weighted by Crippen LogP contribution is -2.57. The van der Waals surface area contributed by atoms with Crippen molar-refractivity contribution in [2.45, 2.75) is 91.0 Å². The molecule has 0 spiro atoms. The van der Waals surface area contributed by atoms with E-state index in [-0.39, 0.29) is 28.7 Å². The summed E-state index contributed by atoms with van der Waals surface area (Å²) in [7, 11) is 0. The van der Waals surface area contributed by atoms with Crippen LogP contribution < -0.4 is 14.9 Å². The predicted molar refractivity (Wildman–Crippen MR) is 147 cm³/mol. The maximum Gasteiger partial charge on any atom is 0.223 e. The summed E-state index contributed by atoms with van der Waals surface area (Å²) in [5, 5.41) is 32.4. The Morgan fingerprint density at radius 3 is 2.21 bits per heavy atom. The minimum absolute atomic E-state index is 0.00527. The Kier molecular flexibility index (Phi) is 6.33. The smallest absolute Gasteiger partial charge is 0.223 e. The highest BCUT2D eigenvalue weighted by molar-refractivity contribution is 5.48. The highest BCUT2D eigenvalue weighted by atomic mass is 16.5. The van der Waals surface area contributed by atoms with E-state index in [4.69, 9.17) is 9.47 Å². The first-order valence-electron chi connectivity index (χ1n) is 13.6. The molecular formula is C32H40O6. The highest BCUT2D eigenvalue weighted by Crippen LogP contribution is 2.50. The van der Waals surface area contributed by atoms with Crippen LogP contribution in [0.5, 0.6) is 23.0 Å². The molecule has 2 aromatic carbocycles. The third-order valence-corrected chi connectivity index (χ3v) is 9.34. The van der Waals surface area contributed by atoms with Gasteiger partial charge in [0, 0.05) is 30.4 Å². The van der Waals surface area contributed by atoms with Crippen molar-refractivity contribution in [2.75, 3.05) is 0 Å². The van der Waals surface area contributed by atoms with Crippen molar-refractivity contribution in [2.24, 2.45) is 17.3 Å². The molecule has 5 atom stereocenters. The van der Waals surface area contributed by atoms with Crippen LogP contribution in [0, 0.1) is 31.1 Å². The number of hydrogen-bond donors (Lipinski definition) is 3. The molecule has 0 amide bonds. The molecule has 0 saturated carbocycles. The van der Waals surface area contributed by atoms with Crippen LogP contribution in [0.3, 0.4) is 0 Å². The summed E-state index contributed by atoms with van der Waals surface area (Å²) in [5.41, 5.74) is 1.54. The van der Waals surface area contributed by atoms with Gasteiger partial charge in [-0.3, -0.25) is 4.79 Å². The Labute approximate surface area is 224 Å². The summed E-state index contributed by atoms with van der Waals surface area (Å²) in [5.74, 6) is 1.00. The van der Waals surface area contributed by atoms with E-state index in [1.54, 1.807) is 12.1 Å². The Morgan fingerprint density at radius 2 is 1.50 bits per heavy atom. The Balaban J connectivity index is 1.61. The third-order valence-electron chi connectivity index (χ3n) is 9.34. The topological polar surface area (TPSA) is 96.2 Å². The lowest BCUT2D eigenvalue weighted by molar-refractivity contribution is -0.117. The SMILES string of the molecule is Cc1cc(O)c(=O)cc2c1C[C@H]1CC(C)(C)/C=C\C[C@@]3(C)Oc4cc(O)cc(C)c4C[C@@H]3C[C@H](O)[C@]1(C)O2. The molecule has 0 aromatic heterocycles. The highest BCUT2D eigenvalue weighted by Gasteiger charge is 2.51. The summed E-state index contributed by atoms with van der Waals surface area (Å²) in [6.07, 6.45) is 6.90. The standard InChI is InChI=1S/C32H40O6/c1-18-10-22(33)15-27-23(18)12-20-14-29(36)32(6)21(17-30(3,4)8-7-9-31(20,5)37-27)13-24-19(2)11-25(34)26(35)16-28(24)38-32/h7-8,10-11,15-16,20-21,29,33,36H,9,12-14,17H2,1-6H3,(H,34,35)/b8-7-/t20-,21+,29+,31-,32-/m1/s1. The lowest BCUT2D eigenvalue weighted by atomic mass is 9.67. The number of benzene rings is 1. The largest absolute Gasteiger partial charge is 0.508 e. The average molecular weight is 521 g/mol. The molecule has 204 valence electrons. The van der Waals surface area contributed by atoms with Gasteiger partial charge in [-0.15, -0.1) is 0 Å². The number of aryl methyl sites for hydroxylation is 2. The zero-order valence-electron chi connectivity index (χ0n) is 23.3. The number of rotatable bonds is 0. The van der Waals surface area contributed by atoms with Crippen molar-refractivity contribution in [1.29, 1.82) is 0 Å². The second-order valence-electron chi connectivity index (χ2n) is 12.9. The number of fused-ring (bicyclic) bond motifs is 4. The molecule has 0 saturated heterocycles. The number of aliphatic hydroxyl groups excluding tert-OH is 1. The zero-order valence-corrected chi connectivity index (χ0v) is 23.3. The van der Waals surface area contributed by atoms with E-state index in [2.05, 4.69) is 32.9 Å². The zero-order chi connectivity index (χ0) is 27.6. The fourth-order valence-corrected chi connectivity index (χ4v) is 6.85. The van der Waals surface area contributed by atoms with Crippen molar-refractivity contribution < 1.29 is 24.8 Å². The Hall–Kier alpha value is -2.99. The predicted octanol–water partition coefficient (Wildman–Crippen LogP) is 5.52. The second-order valence-corrected chi connectivity index (χ2v) is 12.9. The lowest BCUT2D eigenvalue weighted by Gasteiger charge is -2.49. The van der Waals surface area contributed by atoms with Crippen molar-refractivity contribution in [3.63, 3.8) is 0 Å². The maximum atomic E-state index is 12.5. The minimum atomic E-state index is -0.948. The molecule has 0 radical (unpaired) electrons. The summed E-state index contributed by atoms with van der Waals surface area (Å²) in [4.78, 5) is 12.5. The summed E-state index contributed by atoms with van der Waals surface area (Å²) < 4.78 is 13.3. The van der Waals surface area contributed by atoms with Crippen molar-refractivity contribution in [3.05, 3.63) is 68.9 Å². The van der Waals surface area contributed by atoms with Gasteiger partial charge in [-0.2, -0.15) is 0 Å². The van der Waals surface area contributed by atoms with E-state index in [0.29, 0.717) is 30.8 Å². The normalized spacial score (nSPS) is 32.7. The van der Waals surface area contributed by atoms with Crippen LogP contribution in [-0.2, 0) is 12.8 Å². The molecular weight excluding hydrogens is 480 g/mol. The van der Waals surface area contributed by atoms with Gasteiger partial charge in [-0.25, -0.2) is 0 Å². The fourth-order valence-electron chi connectivity index (χ4n) is 6.85. The first-order valence-corrected chi connectivity index (χ1v) is 13.6. The van der Waals surface area contributed by atoms with Gasteiger partial charge in [-0.05, 0) is 93.2 Å². The monoisotopic (exact) mass is 520 g/mol. The molecule has 3 aliphatic rings. The third kappa shape index (κ3) is 4.57. The van der Waals surface area contributed by atoms with Crippen LogP contribution in [0.4, 0.5) is 0 Å². The van der Waals surface area contributed by atoms with Gasteiger partial charge in [0.2, 0.25) is 5.43 Å². The molecule has 2 heterocycles. The maximum absolute atomic E-state index is 12.5. The number of allylic oxidation sites excluding steroid dienone is 1. The molecule has 6 nitrogen and oxygen atoms in total. The first-order chi connectivity index (χ1) is 17.7. The van der Waals surface area contributed by atoms with Crippen LogP contribution in [0.1, 0.15) is 69.2 Å². The van der Waals surface area contributed by atoms with Crippen LogP contribution in [0.15, 0.2) is 41.2 Å². The van der Waals surface area contributed by atoms with Crippen LogP contribution in [0.2, 0.25) is 0 Å². The number of ether oxygens (including phenoxy) is 2. The summed E-state index contributed by atoms with van der Waals surface area (Å²) >= 11 is 0. The number of aromatic hydroxyl groups is 2. The summed E-state index contributed by atoms with van der Waals surface area (Å²) in [6, 6.07) is 6.33. The van der Waals surface area contributed by atoms with Gasteiger partial charge in [0.15, 0.2) is 5.75 Å². The Bertz CT molecular complexity index is 1360. The molecule has 1 aliphatic carbocycles. The number of hydrogen-bond acceptors (Lipinski definition) is 6. The molecule has 0 fully saturated rings. The molecule has 5 rings (SSSR count). The number of phenolic OH excluding ortho intramolecular Hbond substituents is 1. The van der Waals surface area contributed by atoms with Gasteiger partial charge >= 0.3 is 0 Å². The molecule has 6 heteroatoms. The van der Waals surface area contributed by atoms with Gasteiger partial charge in [0.25, 0.3) is 0 Å². The molecule has 2 aliphatic heterocycles. The van der Waals surface area contributed by atoms with E-state index < -0.39 is 22.7 Å². The minimum Gasteiger partial charge on any atom is -0.508 e. The molecule has 0 bridgehead atoms. The molecule has 2 aromatic rings. The van der Waals surface area contributed by atoms with Crippen LogP contribution in [0.25, 0.3) is 0 Å². The number of phenols is 1. The van der Waals surface area contributed by atoms with E-state index in [1.807, 2.05) is 20.8 Å². The van der Waals surface area contributed by atoms with E-state index >= 15 is 0 Å². The number of aliphatic hydroxyl groups is 1. The molecule has 3 N–H and O–H groups in total. The van der Waals surface area contributed by atoms with E-state index in [9.17, 15) is 20.1 Å². The van der Waals surface area contributed by atoms with E-state index in [1.165, 1.54) is 12.1 Å². The van der Waals surface area contributed by atoms with Crippen LogP contribution >= 0.6 is 0 Å². The molecule has 38 heavy (non-hydrogen) atoms. The van der Waals surface area contributed by atoms with E-state index in [0.717, 1.165) is 35.1 Å². The van der Waals surface area contributed by atoms with Gasteiger partial charge in [0.1, 0.15) is 28.5 Å². The van der Waals surface area contributed by atoms with Gasteiger partial charge in [0.05, 0.1) is 6.10 Å². The summed E-state index contributed by atoms with van der Waals surface area (Å²) in [6.45, 7) is 12.3. The van der Waals surface area contributed by atoms with Crippen molar-refractivity contribution in [3.8, 4) is 23.0 Å². The molecule has 0 unspecified atom stereocenters.